The maximum atomic E-state index is 13.4. The van der Waals surface area contributed by atoms with E-state index in [-0.39, 0.29) is 24.1 Å². The van der Waals surface area contributed by atoms with Gasteiger partial charge in [0.05, 0.1) is 16.6 Å². The van der Waals surface area contributed by atoms with Crippen molar-refractivity contribution >= 4 is 33.2 Å². The second-order valence-electron chi connectivity index (χ2n) is 7.89. The highest BCUT2D eigenvalue weighted by Gasteiger charge is 2.27. The van der Waals surface area contributed by atoms with Gasteiger partial charge < -0.3 is 10.1 Å². The van der Waals surface area contributed by atoms with E-state index in [1.54, 1.807) is 31.2 Å². The van der Waals surface area contributed by atoms with E-state index in [9.17, 15) is 13.2 Å². The number of carbonyl (C=O) groups is 1. The molecule has 0 aliphatic carbocycles. The second kappa shape index (κ2) is 10.7. The number of anilines is 1. The molecule has 8 heteroatoms. The molecule has 0 saturated carbocycles. The maximum Gasteiger partial charge on any atom is 0.264 e. The number of aryl methyl sites for hydroxylation is 2. The quantitative estimate of drug-likeness (QED) is 0.474. The predicted octanol–water partition coefficient (Wildman–Crippen LogP) is 4.74. The van der Waals surface area contributed by atoms with Crippen LogP contribution in [0.3, 0.4) is 0 Å². The fraction of sp³-hybridized carbons (Fsp3) is 0.240. The molecule has 3 aromatic carbocycles. The highest BCUT2D eigenvalue weighted by Crippen LogP contribution is 2.25. The SMILES string of the molecule is Cc1ccc(OCC(C)NC(=O)CN(c2ccc(C)cc2)S(=O)(=O)c2ccc(Cl)cc2)cc1. The molecule has 1 atom stereocenters. The molecular formula is C25H27ClN2O4S. The fourth-order valence-corrected chi connectivity index (χ4v) is 4.66. The van der Waals surface area contributed by atoms with E-state index in [2.05, 4.69) is 5.32 Å². The molecule has 0 fully saturated rings. The highest BCUT2D eigenvalue weighted by molar-refractivity contribution is 7.92. The van der Waals surface area contributed by atoms with Crippen molar-refractivity contribution in [3.63, 3.8) is 0 Å². The molecule has 0 radical (unpaired) electrons. The van der Waals surface area contributed by atoms with Crippen molar-refractivity contribution in [3.05, 3.63) is 88.9 Å². The van der Waals surface area contributed by atoms with E-state index in [0.717, 1.165) is 15.4 Å². The van der Waals surface area contributed by atoms with Gasteiger partial charge in [-0.05, 0) is 69.3 Å². The zero-order chi connectivity index (χ0) is 24.0. The fourth-order valence-electron chi connectivity index (χ4n) is 3.11. The van der Waals surface area contributed by atoms with E-state index in [4.69, 9.17) is 16.3 Å². The molecule has 174 valence electrons. The third-order valence-electron chi connectivity index (χ3n) is 4.94. The lowest BCUT2D eigenvalue weighted by atomic mass is 10.2. The van der Waals surface area contributed by atoms with Crippen molar-refractivity contribution in [3.8, 4) is 5.75 Å². The van der Waals surface area contributed by atoms with Crippen molar-refractivity contribution in [1.29, 1.82) is 0 Å². The number of halogens is 1. The van der Waals surface area contributed by atoms with Crippen molar-refractivity contribution in [2.45, 2.75) is 31.7 Å². The number of nitrogens with zero attached hydrogens (tertiary/aromatic N) is 1. The van der Waals surface area contributed by atoms with Crippen molar-refractivity contribution in [2.75, 3.05) is 17.5 Å². The highest BCUT2D eigenvalue weighted by atomic mass is 35.5. The number of sulfonamides is 1. The van der Waals surface area contributed by atoms with Crippen LogP contribution in [-0.2, 0) is 14.8 Å². The Hall–Kier alpha value is -3.03. The molecule has 1 amide bonds. The molecule has 0 spiro atoms. The molecule has 0 saturated heterocycles. The summed E-state index contributed by atoms with van der Waals surface area (Å²) < 4.78 is 33.5. The Labute approximate surface area is 200 Å². The van der Waals surface area contributed by atoms with Gasteiger partial charge >= 0.3 is 0 Å². The molecule has 1 unspecified atom stereocenters. The number of rotatable bonds is 9. The Morgan fingerprint density at radius 3 is 2.06 bits per heavy atom. The molecule has 0 aliphatic heterocycles. The first-order valence-electron chi connectivity index (χ1n) is 10.5. The number of hydrogen-bond acceptors (Lipinski definition) is 4. The van der Waals surface area contributed by atoms with Crippen molar-refractivity contribution < 1.29 is 17.9 Å². The minimum absolute atomic E-state index is 0.0519. The zero-order valence-electron chi connectivity index (χ0n) is 18.8. The molecule has 0 bridgehead atoms. The van der Waals surface area contributed by atoms with Crippen LogP contribution in [0.25, 0.3) is 0 Å². The first-order chi connectivity index (χ1) is 15.6. The second-order valence-corrected chi connectivity index (χ2v) is 10.2. The summed E-state index contributed by atoms with van der Waals surface area (Å²) in [5, 5.41) is 3.24. The molecule has 33 heavy (non-hydrogen) atoms. The summed E-state index contributed by atoms with van der Waals surface area (Å²) in [5.41, 5.74) is 2.50. The first-order valence-corrected chi connectivity index (χ1v) is 12.3. The van der Waals surface area contributed by atoms with Gasteiger partial charge in [-0.2, -0.15) is 0 Å². The summed E-state index contributed by atoms with van der Waals surface area (Å²) in [6.45, 7) is 5.58. The topological polar surface area (TPSA) is 75.7 Å². The summed E-state index contributed by atoms with van der Waals surface area (Å²) in [5.74, 6) is 0.265. The van der Waals surface area contributed by atoms with Gasteiger partial charge in [-0.25, -0.2) is 8.42 Å². The molecule has 1 N–H and O–H groups in total. The lowest BCUT2D eigenvalue weighted by Gasteiger charge is -2.25. The third-order valence-corrected chi connectivity index (χ3v) is 6.98. The van der Waals surface area contributed by atoms with Crippen LogP contribution in [-0.4, -0.2) is 33.5 Å². The van der Waals surface area contributed by atoms with E-state index < -0.39 is 15.9 Å². The van der Waals surface area contributed by atoms with Gasteiger partial charge in [0.25, 0.3) is 10.0 Å². The van der Waals surface area contributed by atoms with Gasteiger partial charge in [-0.3, -0.25) is 9.10 Å². The Kier molecular flexibility index (Phi) is 8.00. The number of hydrogen-bond donors (Lipinski definition) is 1. The van der Waals surface area contributed by atoms with Crippen LogP contribution in [0.5, 0.6) is 5.75 Å². The van der Waals surface area contributed by atoms with Gasteiger partial charge in [-0.15, -0.1) is 0 Å². The van der Waals surface area contributed by atoms with Crippen LogP contribution >= 0.6 is 11.6 Å². The van der Waals surface area contributed by atoms with Gasteiger partial charge in [0, 0.05) is 5.02 Å². The summed E-state index contributed by atoms with van der Waals surface area (Å²) >= 11 is 5.91. The average Bonchev–Trinajstić information content (AvgIpc) is 2.78. The number of benzene rings is 3. The molecule has 3 rings (SSSR count). The van der Waals surface area contributed by atoms with Crippen LogP contribution in [0.2, 0.25) is 5.02 Å². The number of carbonyl (C=O) groups excluding carboxylic acids is 1. The molecular weight excluding hydrogens is 460 g/mol. The molecule has 0 aromatic heterocycles. The molecule has 6 nitrogen and oxygen atoms in total. The lowest BCUT2D eigenvalue weighted by Crippen LogP contribution is -2.45. The van der Waals surface area contributed by atoms with Crippen LogP contribution in [0.4, 0.5) is 5.69 Å². The first kappa shape index (κ1) is 24.6. The minimum atomic E-state index is -3.99. The zero-order valence-corrected chi connectivity index (χ0v) is 20.4. The average molecular weight is 487 g/mol. The Morgan fingerprint density at radius 2 is 1.48 bits per heavy atom. The van der Waals surface area contributed by atoms with Crippen LogP contribution in [0.15, 0.2) is 77.7 Å². The van der Waals surface area contributed by atoms with E-state index >= 15 is 0 Å². The van der Waals surface area contributed by atoms with E-state index in [0.29, 0.717) is 16.5 Å². The van der Waals surface area contributed by atoms with Crippen LogP contribution in [0, 0.1) is 13.8 Å². The number of amides is 1. The van der Waals surface area contributed by atoms with E-state index in [1.165, 1.54) is 24.3 Å². The van der Waals surface area contributed by atoms with Gasteiger partial charge in [0.1, 0.15) is 18.9 Å². The molecule has 0 heterocycles. The molecule has 0 aliphatic rings. The van der Waals surface area contributed by atoms with Crippen molar-refractivity contribution in [2.24, 2.45) is 0 Å². The predicted molar refractivity (Wildman–Crippen MR) is 131 cm³/mol. The van der Waals surface area contributed by atoms with Gasteiger partial charge in [0.2, 0.25) is 5.91 Å². The van der Waals surface area contributed by atoms with Crippen LogP contribution < -0.4 is 14.4 Å². The minimum Gasteiger partial charge on any atom is -0.491 e. The molecule has 3 aromatic rings. The smallest absolute Gasteiger partial charge is 0.264 e. The Balaban J connectivity index is 1.73. The monoisotopic (exact) mass is 486 g/mol. The summed E-state index contributed by atoms with van der Waals surface area (Å²) in [4.78, 5) is 12.9. The summed E-state index contributed by atoms with van der Waals surface area (Å²) in [7, 11) is -3.99. The largest absolute Gasteiger partial charge is 0.491 e. The van der Waals surface area contributed by atoms with Gasteiger partial charge in [-0.1, -0.05) is 47.0 Å². The summed E-state index contributed by atoms with van der Waals surface area (Å²) in [6.07, 6.45) is 0. The van der Waals surface area contributed by atoms with E-state index in [1.807, 2.05) is 38.1 Å². The summed E-state index contributed by atoms with van der Waals surface area (Å²) in [6, 6.07) is 20.1. The van der Waals surface area contributed by atoms with Crippen LogP contribution in [0.1, 0.15) is 18.1 Å². The lowest BCUT2D eigenvalue weighted by molar-refractivity contribution is -0.120. The third kappa shape index (κ3) is 6.73. The number of nitrogens with one attached hydrogen (secondary N) is 1. The standard InChI is InChI=1S/C25H27ClN2O4S/c1-18-4-10-22(11-5-18)28(33(30,31)24-14-8-21(26)9-15-24)16-25(29)27-20(3)17-32-23-12-6-19(2)7-13-23/h4-15,20H,16-17H2,1-3H3,(H,27,29). The Morgan fingerprint density at radius 1 is 0.939 bits per heavy atom. The normalized spacial score (nSPS) is 12.1. The maximum absolute atomic E-state index is 13.4. The Bertz CT molecular complexity index is 1180. The number of ether oxygens (including phenoxy) is 1. The van der Waals surface area contributed by atoms with Gasteiger partial charge in [0.15, 0.2) is 0 Å². The van der Waals surface area contributed by atoms with Crippen molar-refractivity contribution in [1.82, 2.24) is 5.32 Å².